The summed E-state index contributed by atoms with van der Waals surface area (Å²) in [6.07, 6.45) is 5.33. The number of rotatable bonds is 6. The molecule has 0 bridgehead atoms. The minimum atomic E-state index is -0.522. The Kier molecular flexibility index (Phi) is 7.87. The van der Waals surface area contributed by atoms with Crippen molar-refractivity contribution in [1.82, 2.24) is 9.88 Å². The predicted octanol–water partition coefficient (Wildman–Crippen LogP) is 5.66. The molecule has 1 aliphatic rings. The Morgan fingerprint density at radius 1 is 1.21 bits per heavy atom. The van der Waals surface area contributed by atoms with Crippen LogP contribution in [0.5, 0.6) is 0 Å². The van der Waals surface area contributed by atoms with Gasteiger partial charge in [-0.2, -0.15) is 0 Å². The molecule has 5 nitrogen and oxygen atoms in total. The van der Waals surface area contributed by atoms with Crippen LogP contribution in [0.4, 0.5) is 10.6 Å². The third-order valence-corrected chi connectivity index (χ3v) is 4.81. The second-order valence-corrected chi connectivity index (χ2v) is 9.83. The molecular formula is C23H39N3O2. The Morgan fingerprint density at radius 2 is 1.93 bits per heavy atom. The number of anilines is 1. The van der Waals surface area contributed by atoms with Crippen molar-refractivity contribution in [3.63, 3.8) is 0 Å². The number of nitrogens with zero attached hydrogens (tertiary/aromatic N) is 3. The average molecular weight is 390 g/mol. The first-order valence-electron chi connectivity index (χ1n) is 10.8. The molecule has 1 atom stereocenters. The maximum atomic E-state index is 12.7. The van der Waals surface area contributed by atoms with Crippen molar-refractivity contribution >= 4 is 11.9 Å². The second-order valence-electron chi connectivity index (χ2n) is 9.83. The van der Waals surface area contributed by atoms with Gasteiger partial charge in [-0.05, 0) is 63.6 Å². The van der Waals surface area contributed by atoms with Gasteiger partial charge in [-0.25, -0.2) is 9.78 Å². The van der Waals surface area contributed by atoms with E-state index in [0.717, 1.165) is 13.1 Å². The number of carbonyl (C=O) groups excluding carboxylic acids is 1. The SMILES string of the molecule is CC(C)CN(C(=O)OC(C)(C)C)c1ccc([C@H]2CCCCN2CC(C)C)cn1. The first-order chi connectivity index (χ1) is 13.1. The van der Waals surface area contributed by atoms with E-state index in [-0.39, 0.29) is 6.09 Å². The molecule has 0 aliphatic carbocycles. The lowest BCUT2D eigenvalue weighted by molar-refractivity contribution is 0.0575. The van der Waals surface area contributed by atoms with Crippen LogP contribution in [0, 0.1) is 11.8 Å². The van der Waals surface area contributed by atoms with Gasteiger partial charge in [0.1, 0.15) is 11.4 Å². The lowest BCUT2D eigenvalue weighted by atomic mass is 9.95. The minimum absolute atomic E-state index is 0.328. The number of piperidine rings is 1. The summed E-state index contributed by atoms with van der Waals surface area (Å²) in [5.41, 5.74) is 0.726. The normalized spacial score (nSPS) is 18.5. The lowest BCUT2D eigenvalue weighted by Gasteiger charge is -2.37. The molecular weight excluding hydrogens is 350 g/mol. The molecule has 1 amide bonds. The summed E-state index contributed by atoms with van der Waals surface area (Å²) in [7, 11) is 0. The highest BCUT2D eigenvalue weighted by molar-refractivity contribution is 5.86. The number of ether oxygens (including phenoxy) is 1. The molecule has 5 heteroatoms. The van der Waals surface area contributed by atoms with Crippen LogP contribution in [0.15, 0.2) is 18.3 Å². The van der Waals surface area contributed by atoms with Gasteiger partial charge in [0, 0.05) is 25.3 Å². The smallest absolute Gasteiger partial charge is 0.416 e. The van der Waals surface area contributed by atoms with Crippen LogP contribution in [-0.2, 0) is 4.74 Å². The predicted molar refractivity (Wildman–Crippen MR) is 116 cm³/mol. The van der Waals surface area contributed by atoms with Crippen LogP contribution in [0.1, 0.15) is 79.3 Å². The number of hydrogen-bond acceptors (Lipinski definition) is 4. The van der Waals surface area contributed by atoms with Gasteiger partial charge in [0.25, 0.3) is 0 Å². The van der Waals surface area contributed by atoms with Crippen molar-refractivity contribution in [2.45, 2.75) is 79.4 Å². The fourth-order valence-electron chi connectivity index (χ4n) is 3.75. The molecule has 0 N–H and O–H groups in total. The van der Waals surface area contributed by atoms with Gasteiger partial charge >= 0.3 is 6.09 Å². The fourth-order valence-corrected chi connectivity index (χ4v) is 3.75. The highest BCUT2D eigenvalue weighted by atomic mass is 16.6. The van der Waals surface area contributed by atoms with E-state index in [2.05, 4.69) is 43.6 Å². The topological polar surface area (TPSA) is 45.7 Å². The monoisotopic (exact) mass is 389 g/mol. The van der Waals surface area contributed by atoms with E-state index < -0.39 is 5.60 Å². The van der Waals surface area contributed by atoms with E-state index in [4.69, 9.17) is 4.74 Å². The third kappa shape index (κ3) is 6.77. The Morgan fingerprint density at radius 3 is 2.46 bits per heavy atom. The van der Waals surface area contributed by atoms with E-state index in [1.54, 1.807) is 4.90 Å². The molecule has 1 aliphatic heterocycles. The number of hydrogen-bond donors (Lipinski definition) is 0. The van der Waals surface area contributed by atoms with E-state index in [0.29, 0.717) is 30.2 Å². The van der Waals surface area contributed by atoms with Crippen LogP contribution in [-0.4, -0.2) is 41.2 Å². The van der Waals surface area contributed by atoms with Crippen LogP contribution >= 0.6 is 0 Å². The Balaban J connectivity index is 2.20. The Labute approximate surface area is 171 Å². The molecule has 1 aromatic rings. The standard InChI is InChI=1S/C23H39N3O2/c1-17(2)15-25-13-9-8-10-20(25)19-11-12-21(24-14-19)26(16-18(3)4)22(27)28-23(5,6)7/h11-12,14,17-18,20H,8-10,13,15-16H2,1-7H3/t20-/m1/s1. The Hall–Kier alpha value is -1.62. The highest BCUT2D eigenvalue weighted by Crippen LogP contribution is 2.32. The average Bonchev–Trinajstić information content (AvgIpc) is 2.58. The van der Waals surface area contributed by atoms with Crippen molar-refractivity contribution in [1.29, 1.82) is 0 Å². The molecule has 0 spiro atoms. The number of pyridine rings is 1. The van der Waals surface area contributed by atoms with Crippen LogP contribution in [0.2, 0.25) is 0 Å². The molecule has 0 aromatic carbocycles. The van der Waals surface area contributed by atoms with Crippen molar-refractivity contribution in [2.75, 3.05) is 24.5 Å². The van der Waals surface area contributed by atoms with Crippen molar-refractivity contribution in [3.8, 4) is 0 Å². The van der Waals surface area contributed by atoms with Crippen LogP contribution < -0.4 is 4.90 Å². The second kappa shape index (κ2) is 9.73. The Bertz CT molecular complexity index is 620. The zero-order valence-electron chi connectivity index (χ0n) is 18.9. The third-order valence-electron chi connectivity index (χ3n) is 4.81. The summed E-state index contributed by atoms with van der Waals surface area (Å²) in [5, 5.41) is 0. The molecule has 1 fully saturated rings. The maximum absolute atomic E-state index is 12.7. The van der Waals surface area contributed by atoms with Gasteiger partial charge < -0.3 is 4.74 Å². The largest absolute Gasteiger partial charge is 0.443 e. The number of amides is 1. The van der Waals surface area contributed by atoms with Gasteiger partial charge in [0.15, 0.2) is 0 Å². The maximum Gasteiger partial charge on any atom is 0.416 e. The van der Waals surface area contributed by atoms with Crippen molar-refractivity contribution < 1.29 is 9.53 Å². The quantitative estimate of drug-likeness (QED) is 0.629. The van der Waals surface area contributed by atoms with Gasteiger partial charge in [-0.1, -0.05) is 40.2 Å². The summed E-state index contributed by atoms with van der Waals surface area (Å²) < 4.78 is 5.60. The number of likely N-dealkylation sites (tertiary alicyclic amines) is 1. The van der Waals surface area contributed by atoms with Gasteiger partial charge in [0.05, 0.1) is 0 Å². The lowest BCUT2D eigenvalue weighted by Crippen LogP contribution is -2.39. The molecule has 158 valence electrons. The first-order valence-corrected chi connectivity index (χ1v) is 10.8. The van der Waals surface area contributed by atoms with E-state index in [9.17, 15) is 4.79 Å². The summed E-state index contributed by atoms with van der Waals surface area (Å²) in [6.45, 7) is 17.3. The van der Waals surface area contributed by atoms with Crippen LogP contribution in [0.25, 0.3) is 0 Å². The molecule has 28 heavy (non-hydrogen) atoms. The van der Waals surface area contributed by atoms with E-state index >= 15 is 0 Å². The van der Waals surface area contributed by atoms with E-state index in [1.165, 1.54) is 24.8 Å². The number of aromatic nitrogens is 1. The molecule has 1 aromatic heterocycles. The fraction of sp³-hybridized carbons (Fsp3) is 0.739. The summed E-state index contributed by atoms with van der Waals surface area (Å²) in [4.78, 5) is 21.6. The first kappa shape index (κ1) is 22.7. The van der Waals surface area contributed by atoms with Crippen molar-refractivity contribution in [3.05, 3.63) is 23.9 Å². The highest BCUT2D eigenvalue weighted by Gasteiger charge is 2.27. The number of carbonyl (C=O) groups is 1. The van der Waals surface area contributed by atoms with Gasteiger partial charge in [-0.3, -0.25) is 9.80 Å². The zero-order chi connectivity index (χ0) is 20.9. The van der Waals surface area contributed by atoms with Crippen LogP contribution in [0.3, 0.4) is 0 Å². The van der Waals surface area contributed by atoms with Gasteiger partial charge in [-0.15, -0.1) is 0 Å². The summed E-state index contributed by atoms with van der Waals surface area (Å²) in [5.74, 6) is 1.65. The summed E-state index contributed by atoms with van der Waals surface area (Å²) >= 11 is 0. The molecule has 0 unspecified atom stereocenters. The van der Waals surface area contributed by atoms with Crippen molar-refractivity contribution in [2.24, 2.45) is 11.8 Å². The minimum Gasteiger partial charge on any atom is -0.443 e. The molecule has 2 rings (SSSR count). The van der Waals surface area contributed by atoms with E-state index in [1.807, 2.05) is 33.0 Å². The molecule has 0 saturated carbocycles. The molecule has 1 saturated heterocycles. The molecule has 2 heterocycles. The molecule has 0 radical (unpaired) electrons. The summed E-state index contributed by atoms with van der Waals surface area (Å²) in [6, 6.07) is 4.55. The van der Waals surface area contributed by atoms with Gasteiger partial charge in [0.2, 0.25) is 0 Å². The zero-order valence-corrected chi connectivity index (χ0v) is 18.9.